The first-order valence-electron chi connectivity index (χ1n) is 5.03. The summed E-state index contributed by atoms with van der Waals surface area (Å²) < 4.78 is 13.8. The Morgan fingerprint density at radius 2 is 2.12 bits per heavy atom. The summed E-state index contributed by atoms with van der Waals surface area (Å²) in [5.74, 6) is -1.65. The molecule has 0 spiro atoms. The van der Waals surface area contributed by atoms with Crippen LogP contribution in [0.4, 0.5) is 4.39 Å². The summed E-state index contributed by atoms with van der Waals surface area (Å²) in [6.45, 7) is 3.80. The van der Waals surface area contributed by atoms with Gasteiger partial charge < -0.3 is 5.11 Å². The Bertz CT molecular complexity index is 456. The fourth-order valence-electron chi connectivity index (χ4n) is 2.43. The molecule has 1 aliphatic rings. The van der Waals surface area contributed by atoms with Crippen molar-refractivity contribution in [3.8, 4) is 0 Å². The van der Waals surface area contributed by atoms with E-state index >= 15 is 0 Å². The number of aliphatic carboxylic acids is 1. The van der Waals surface area contributed by atoms with E-state index in [0.29, 0.717) is 4.47 Å². The minimum atomic E-state index is -0.807. The molecule has 1 aromatic carbocycles. The number of carboxylic acid groups (broad SMARTS) is 1. The number of benzene rings is 1. The van der Waals surface area contributed by atoms with Crippen molar-refractivity contribution < 1.29 is 14.3 Å². The molecular formula is C12H12BrFO2. The molecule has 0 amide bonds. The summed E-state index contributed by atoms with van der Waals surface area (Å²) >= 11 is 3.08. The molecule has 2 nitrogen and oxygen atoms in total. The Balaban J connectivity index is 2.33. The lowest BCUT2D eigenvalue weighted by molar-refractivity contribution is -0.139. The number of carboxylic acids is 1. The Labute approximate surface area is 102 Å². The zero-order chi connectivity index (χ0) is 12.1. The van der Waals surface area contributed by atoms with E-state index in [9.17, 15) is 9.18 Å². The van der Waals surface area contributed by atoms with Crippen LogP contribution in [0.1, 0.15) is 25.3 Å². The highest BCUT2D eigenvalue weighted by atomic mass is 79.9. The first-order valence-corrected chi connectivity index (χ1v) is 5.82. The predicted octanol–water partition coefficient (Wildman–Crippen LogP) is 3.41. The van der Waals surface area contributed by atoms with Gasteiger partial charge in [-0.25, -0.2) is 4.39 Å². The van der Waals surface area contributed by atoms with Crippen LogP contribution in [0.15, 0.2) is 22.7 Å². The van der Waals surface area contributed by atoms with E-state index < -0.39 is 11.9 Å². The van der Waals surface area contributed by atoms with Gasteiger partial charge in [-0.05, 0) is 39.0 Å². The average molecular weight is 287 g/mol. The molecule has 0 heterocycles. The van der Waals surface area contributed by atoms with Gasteiger partial charge in [-0.3, -0.25) is 4.79 Å². The highest BCUT2D eigenvalue weighted by Gasteiger charge is 2.62. The van der Waals surface area contributed by atoms with Crippen molar-refractivity contribution in [2.24, 2.45) is 11.3 Å². The summed E-state index contributed by atoms with van der Waals surface area (Å²) in [7, 11) is 0. The standard InChI is InChI=1S/C12H12BrFO2/c1-12(2)9(10(12)11(15)16)6-3-4-7(13)8(14)5-6/h3-5,9-10H,1-2H3,(H,15,16)/t9-,10+/m1/s1. The molecule has 0 bridgehead atoms. The molecule has 1 aliphatic carbocycles. The van der Waals surface area contributed by atoms with Gasteiger partial charge in [0.25, 0.3) is 0 Å². The number of carbonyl (C=O) groups is 1. The second kappa shape index (κ2) is 3.55. The molecule has 4 heteroatoms. The Hall–Kier alpha value is -0.900. The third kappa shape index (κ3) is 1.65. The summed E-state index contributed by atoms with van der Waals surface area (Å²) in [6.07, 6.45) is 0. The first-order chi connectivity index (χ1) is 7.35. The summed E-state index contributed by atoms with van der Waals surface area (Å²) in [6, 6.07) is 4.82. The number of hydrogen-bond donors (Lipinski definition) is 1. The van der Waals surface area contributed by atoms with Gasteiger partial charge >= 0.3 is 5.97 Å². The maximum absolute atomic E-state index is 13.4. The van der Waals surface area contributed by atoms with E-state index in [1.54, 1.807) is 12.1 Å². The zero-order valence-electron chi connectivity index (χ0n) is 9.00. The second-order valence-electron chi connectivity index (χ2n) is 4.79. The minimum absolute atomic E-state index is 0.0902. The Kier molecular flexibility index (Phi) is 2.57. The fourth-order valence-corrected chi connectivity index (χ4v) is 2.67. The molecular weight excluding hydrogens is 275 g/mol. The minimum Gasteiger partial charge on any atom is -0.481 e. The van der Waals surface area contributed by atoms with Gasteiger partial charge in [0.15, 0.2) is 0 Å². The van der Waals surface area contributed by atoms with Gasteiger partial charge in [0.05, 0.1) is 10.4 Å². The van der Waals surface area contributed by atoms with Gasteiger partial charge in [-0.15, -0.1) is 0 Å². The third-order valence-corrected chi connectivity index (χ3v) is 4.04. The van der Waals surface area contributed by atoms with Crippen molar-refractivity contribution >= 4 is 21.9 Å². The maximum atomic E-state index is 13.4. The van der Waals surface area contributed by atoms with Crippen LogP contribution in [0.25, 0.3) is 0 Å². The largest absolute Gasteiger partial charge is 0.481 e. The number of rotatable bonds is 2. The molecule has 0 unspecified atom stereocenters. The molecule has 1 saturated carbocycles. The normalized spacial score (nSPS) is 26.5. The molecule has 16 heavy (non-hydrogen) atoms. The van der Waals surface area contributed by atoms with Gasteiger partial charge in [-0.2, -0.15) is 0 Å². The molecule has 2 atom stereocenters. The highest BCUT2D eigenvalue weighted by Crippen LogP contribution is 2.64. The van der Waals surface area contributed by atoms with Crippen molar-refractivity contribution in [1.82, 2.24) is 0 Å². The van der Waals surface area contributed by atoms with Crippen molar-refractivity contribution in [1.29, 1.82) is 0 Å². The number of hydrogen-bond acceptors (Lipinski definition) is 1. The summed E-state index contributed by atoms with van der Waals surface area (Å²) in [4.78, 5) is 11.0. The van der Waals surface area contributed by atoms with Crippen LogP contribution in [0.2, 0.25) is 0 Å². The number of halogens is 2. The van der Waals surface area contributed by atoms with Gasteiger partial charge in [0, 0.05) is 5.92 Å². The SMILES string of the molecule is CC1(C)[C@H](C(=O)O)[C@H]1c1ccc(Br)c(F)c1. The first kappa shape index (κ1) is 11.6. The Morgan fingerprint density at radius 3 is 2.56 bits per heavy atom. The third-order valence-electron chi connectivity index (χ3n) is 3.40. The lowest BCUT2D eigenvalue weighted by Gasteiger charge is -2.03. The van der Waals surface area contributed by atoms with Crippen molar-refractivity contribution in [2.45, 2.75) is 19.8 Å². The molecule has 0 radical (unpaired) electrons. The second-order valence-corrected chi connectivity index (χ2v) is 5.64. The van der Waals surface area contributed by atoms with E-state index in [-0.39, 0.29) is 17.2 Å². The van der Waals surface area contributed by atoms with E-state index in [0.717, 1.165) is 5.56 Å². The van der Waals surface area contributed by atoms with Crippen LogP contribution >= 0.6 is 15.9 Å². The predicted molar refractivity (Wildman–Crippen MR) is 61.7 cm³/mol. The molecule has 1 fully saturated rings. The van der Waals surface area contributed by atoms with E-state index in [1.165, 1.54) is 6.07 Å². The van der Waals surface area contributed by atoms with Crippen molar-refractivity contribution in [3.63, 3.8) is 0 Å². The Morgan fingerprint density at radius 1 is 1.50 bits per heavy atom. The van der Waals surface area contributed by atoms with Gasteiger partial charge in [0.1, 0.15) is 5.82 Å². The molecule has 0 saturated heterocycles. The van der Waals surface area contributed by atoms with Crippen molar-refractivity contribution in [2.75, 3.05) is 0 Å². The molecule has 1 aromatic rings. The van der Waals surface area contributed by atoms with E-state index in [1.807, 2.05) is 13.8 Å². The molecule has 2 rings (SSSR count). The van der Waals surface area contributed by atoms with Crippen LogP contribution in [-0.4, -0.2) is 11.1 Å². The smallest absolute Gasteiger partial charge is 0.307 e. The van der Waals surface area contributed by atoms with E-state index in [4.69, 9.17) is 5.11 Å². The van der Waals surface area contributed by atoms with Crippen LogP contribution in [-0.2, 0) is 4.79 Å². The van der Waals surface area contributed by atoms with E-state index in [2.05, 4.69) is 15.9 Å². The maximum Gasteiger partial charge on any atom is 0.307 e. The monoisotopic (exact) mass is 286 g/mol. The average Bonchev–Trinajstić information content (AvgIpc) is 2.74. The van der Waals surface area contributed by atoms with Crippen LogP contribution in [0.3, 0.4) is 0 Å². The fraction of sp³-hybridized carbons (Fsp3) is 0.417. The topological polar surface area (TPSA) is 37.3 Å². The van der Waals surface area contributed by atoms with Crippen molar-refractivity contribution in [3.05, 3.63) is 34.1 Å². The summed E-state index contributed by atoms with van der Waals surface area (Å²) in [5, 5.41) is 9.04. The van der Waals surface area contributed by atoms with Gasteiger partial charge in [-0.1, -0.05) is 19.9 Å². The van der Waals surface area contributed by atoms with Gasteiger partial charge in [0.2, 0.25) is 0 Å². The molecule has 0 aromatic heterocycles. The summed E-state index contributed by atoms with van der Waals surface area (Å²) in [5.41, 5.74) is 0.477. The van der Waals surface area contributed by atoms with Crippen LogP contribution in [0.5, 0.6) is 0 Å². The molecule has 1 N–H and O–H groups in total. The highest BCUT2D eigenvalue weighted by molar-refractivity contribution is 9.10. The van der Waals surface area contributed by atoms with Crippen LogP contribution in [0, 0.1) is 17.2 Å². The zero-order valence-corrected chi connectivity index (χ0v) is 10.6. The van der Waals surface area contributed by atoms with Crippen LogP contribution < -0.4 is 0 Å². The molecule has 0 aliphatic heterocycles. The quantitative estimate of drug-likeness (QED) is 0.905. The molecule has 86 valence electrons. The lowest BCUT2D eigenvalue weighted by atomic mass is 10.0. The lowest BCUT2D eigenvalue weighted by Crippen LogP contribution is -2.03.